The van der Waals surface area contributed by atoms with Gasteiger partial charge < -0.3 is 5.32 Å². The van der Waals surface area contributed by atoms with E-state index in [1.165, 1.54) is 11.1 Å². The fourth-order valence-electron chi connectivity index (χ4n) is 1.49. The highest BCUT2D eigenvalue weighted by molar-refractivity contribution is 5.26. The molecular formula is C13H21N. The van der Waals surface area contributed by atoms with E-state index in [0.29, 0.717) is 5.92 Å². The predicted molar refractivity (Wildman–Crippen MR) is 62.7 cm³/mol. The second-order valence-corrected chi connectivity index (χ2v) is 4.60. The van der Waals surface area contributed by atoms with Crippen molar-refractivity contribution in [3.63, 3.8) is 0 Å². The Balaban J connectivity index is 2.89. The lowest BCUT2D eigenvalue weighted by molar-refractivity contribution is 0.360. The summed E-state index contributed by atoms with van der Waals surface area (Å²) in [5.74, 6) is 0.521. The van der Waals surface area contributed by atoms with Crippen LogP contribution in [0.4, 0.5) is 0 Å². The first-order chi connectivity index (χ1) is 6.47. The zero-order valence-corrected chi connectivity index (χ0v) is 9.89. The minimum absolute atomic E-state index is 0.148. The highest BCUT2D eigenvalue weighted by Crippen LogP contribution is 2.27. The Kier molecular flexibility index (Phi) is 3.33. The summed E-state index contributed by atoms with van der Waals surface area (Å²) < 4.78 is 0. The molecule has 0 fully saturated rings. The van der Waals surface area contributed by atoms with Crippen molar-refractivity contribution in [3.8, 4) is 0 Å². The molecule has 1 unspecified atom stereocenters. The van der Waals surface area contributed by atoms with Crippen LogP contribution in [0.2, 0.25) is 0 Å². The summed E-state index contributed by atoms with van der Waals surface area (Å²) in [4.78, 5) is 0. The SMILES string of the molecule is CNC(C)(C)C(C)c1ccc(C)cc1. The van der Waals surface area contributed by atoms with Crippen molar-refractivity contribution in [2.75, 3.05) is 7.05 Å². The quantitative estimate of drug-likeness (QED) is 0.774. The molecule has 0 saturated carbocycles. The van der Waals surface area contributed by atoms with Crippen LogP contribution in [0, 0.1) is 6.92 Å². The number of hydrogen-bond acceptors (Lipinski definition) is 1. The molecule has 1 N–H and O–H groups in total. The van der Waals surface area contributed by atoms with Crippen LogP contribution in [0.15, 0.2) is 24.3 Å². The lowest BCUT2D eigenvalue weighted by atomic mass is 9.83. The number of rotatable bonds is 3. The zero-order valence-electron chi connectivity index (χ0n) is 9.89. The van der Waals surface area contributed by atoms with Crippen molar-refractivity contribution in [2.45, 2.75) is 39.2 Å². The number of aryl methyl sites for hydroxylation is 1. The molecule has 0 aromatic heterocycles. The first-order valence-electron chi connectivity index (χ1n) is 5.23. The predicted octanol–water partition coefficient (Wildman–Crippen LogP) is 3.10. The maximum absolute atomic E-state index is 3.35. The van der Waals surface area contributed by atoms with E-state index < -0.39 is 0 Å². The molecule has 1 heteroatoms. The molecule has 1 aromatic carbocycles. The number of hydrogen-bond donors (Lipinski definition) is 1. The Morgan fingerprint density at radius 2 is 1.64 bits per heavy atom. The Labute approximate surface area is 87.5 Å². The van der Waals surface area contributed by atoms with E-state index in [1.807, 2.05) is 7.05 Å². The van der Waals surface area contributed by atoms with Crippen molar-refractivity contribution >= 4 is 0 Å². The van der Waals surface area contributed by atoms with Gasteiger partial charge in [0.15, 0.2) is 0 Å². The van der Waals surface area contributed by atoms with Crippen LogP contribution in [0.1, 0.15) is 37.8 Å². The Bertz CT molecular complexity index is 285. The molecule has 1 aromatic rings. The normalized spacial score (nSPS) is 14.1. The molecule has 0 spiro atoms. The summed E-state index contributed by atoms with van der Waals surface area (Å²) in [5, 5.41) is 3.35. The molecule has 1 atom stereocenters. The lowest BCUT2D eigenvalue weighted by Crippen LogP contribution is -2.41. The first-order valence-corrected chi connectivity index (χ1v) is 5.23. The van der Waals surface area contributed by atoms with Gasteiger partial charge in [0.1, 0.15) is 0 Å². The largest absolute Gasteiger partial charge is 0.314 e. The molecule has 0 aliphatic heterocycles. The molecule has 0 saturated heterocycles. The topological polar surface area (TPSA) is 12.0 Å². The van der Waals surface area contributed by atoms with Gasteiger partial charge in [-0.3, -0.25) is 0 Å². The van der Waals surface area contributed by atoms with E-state index in [-0.39, 0.29) is 5.54 Å². The van der Waals surface area contributed by atoms with Gasteiger partial charge in [0.2, 0.25) is 0 Å². The van der Waals surface area contributed by atoms with Gasteiger partial charge in [-0.05, 0) is 39.3 Å². The van der Waals surface area contributed by atoms with Crippen LogP contribution in [0.3, 0.4) is 0 Å². The van der Waals surface area contributed by atoms with Gasteiger partial charge in [-0.15, -0.1) is 0 Å². The Morgan fingerprint density at radius 1 is 1.14 bits per heavy atom. The highest BCUT2D eigenvalue weighted by Gasteiger charge is 2.24. The summed E-state index contributed by atoms with van der Waals surface area (Å²) in [6.07, 6.45) is 0. The molecule has 0 aliphatic rings. The maximum atomic E-state index is 3.35. The molecule has 0 amide bonds. The monoisotopic (exact) mass is 191 g/mol. The lowest BCUT2D eigenvalue weighted by Gasteiger charge is -2.32. The van der Waals surface area contributed by atoms with Gasteiger partial charge in [0, 0.05) is 5.54 Å². The minimum atomic E-state index is 0.148. The van der Waals surface area contributed by atoms with Crippen LogP contribution in [0.25, 0.3) is 0 Å². The van der Waals surface area contributed by atoms with E-state index in [2.05, 4.69) is 57.3 Å². The van der Waals surface area contributed by atoms with Crippen LogP contribution >= 0.6 is 0 Å². The summed E-state index contributed by atoms with van der Waals surface area (Å²) >= 11 is 0. The molecule has 1 rings (SSSR count). The van der Waals surface area contributed by atoms with Gasteiger partial charge in [-0.25, -0.2) is 0 Å². The molecule has 0 radical (unpaired) electrons. The molecular weight excluding hydrogens is 170 g/mol. The molecule has 0 bridgehead atoms. The fourth-order valence-corrected chi connectivity index (χ4v) is 1.49. The van der Waals surface area contributed by atoms with Gasteiger partial charge in [0.05, 0.1) is 0 Å². The fraction of sp³-hybridized carbons (Fsp3) is 0.538. The summed E-state index contributed by atoms with van der Waals surface area (Å²) in [5.41, 5.74) is 2.87. The first kappa shape index (κ1) is 11.3. The minimum Gasteiger partial charge on any atom is -0.314 e. The van der Waals surface area contributed by atoms with Gasteiger partial charge in [-0.1, -0.05) is 36.8 Å². The van der Waals surface area contributed by atoms with Gasteiger partial charge in [-0.2, -0.15) is 0 Å². The average molecular weight is 191 g/mol. The van der Waals surface area contributed by atoms with Crippen molar-refractivity contribution in [1.82, 2.24) is 5.32 Å². The number of benzene rings is 1. The third kappa shape index (κ3) is 2.36. The molecule has 1 nitrogen and oxygen atoms in total. The molecule has 0 aliphatic carbocycles. The zero-order chi connectivity index (χ0) is 10.8. The van der Waals surface area contributed by atoms with Crippen LogP contribution in [-0.4, -0.2) is 12.6 Å². The van der Waals surface area contributed by atoms with Crippen LogP contribution < -0.4 is 5.32 Å². The summed E-state index contributed by atoms with van der Waals surface area (Å²) in [7, 11) is 2.02. The smallest absolute Gasteiger partial charge is 0.0187 e. The van der Waals surface area contributed by atoms with E-state index in [1.54, 1.807) is 0 Å². The van der Waals surface area contributed by atoms with Gasteiger partial charge >= 0.3 is 0 Å². The summed E-state index contributed by atoms with van der Waals surface area (Å²) in [6, 6.07) is 8.80. The summed E-state index contributed by atoms with van der Waals surface area (Å²) in [6.45, 7) is 8.86. The van der Waals surface area contributed by atoms with Crippen LogP contribution in [0.5, 0.6) is 0 Å². The van der Waals surface area contributed by atoms with E-state index in [4.69, 9.17) is 0 Å². The third-order valence-electron chi connectivity index (χ3n) is 3.30. The van der Waals surface area contributed by atoms with E-state index in [9.17, 15) is 0 Å². The van der Waals surface area contributed by atoms with Gasteiger partial charge in [0.25, 0.3) is 0 Å². The second kappa shape index (κ2) is 4.14. The Hall–Kier alpha value is -0.820. The number of likely N-dealkylation sites (N-methyl/N-ethyl adjacent to an activating group) is 1. The van der Waals surface area contributed by atoms with E-state index in [0.717, 1.165) is 0 Å². The van der Waals surface area contributed by atoms with Crippen molar-refractivity contribution < 1.29 is 0 Å². The molecule has 0 heterocycles. The van der Waals surface area contributed by atoms with Crippen LogP contribution in [-0.2, 0) is 0 Å². The third-order valence-corrected chi connectivity index (χ3v) is 3.30. The molecule has 14 heavy (non-hydrogen) atoms. The Morgan fingerprint density at radius 3 is 2.07 bits per heavy atom. The second-order valence-electron chi connectivity index (χ2n) is 4.60. The van der Waals surface area contributed by atoms with Crippen molar-refractivity contribution in [1.29, 1.82) is 0 Å². The van der Waals surface area contributed by atoms with Crippen molar-refractivity contribution in [2.24, 2.45) is 0 Å². The average Bonchev–Trinajstić information content (AvgIpc) is 2.18. The van der Waals surface area contributed by atoms with Crippen molar-refractivity contribution in [3.05, 3.63) is 35.4 Å². The maximum Gasteiger partial charge on any atom is 0.0187 e. The molecule has 78 valence electrons. The standard InChI is InChI=1S/C13H21N/c1-10-6-8-12(9-7-10)11(2)13(3,4)14-5/h6-9,11,14H,1-5H3. The number of nitrogens with one attached hydrogen (secondary N) is 1. The van der Waals surface area contributed by atoms with E-state index >= 15 is 0 Å². The highest BCUT2D eigenvalue weighted by atomic mass is 14.9.